The molecule has 7 heteroatoms. The largest absolute Gasteiger partial charge is 0.490 e. The fraction of sp³-hybridized carbons (Fsp3) is 0.533. The minimum atomic E-state index is -0.0195. The molecule has 4 rings (SSSR count). The van der Waals surface area contributed by atoms with E-state index in [0.29, 0.717) is 28.0 Å². The molecule has 6 nitrogen and oxygen atoms in total. The van der Waals surface area contributed by atoms with Gasteiger partial charge in [-0.3, -0.25) is 4.79 Å². The van der Waals surface area contributed by atoms with E-state index >= 15 is 0 Å². The Balaban J connectivity index is 1.18. The Bertz CT molecular complexity index is 1050. The van der Waals surface area contributed by atoms with E-state index in [1.54, 1.807) is 18.2 Å². The molecule has 0 radical (unpaired) electrons. The molecular formula is C30H38ClN3O3. The van der Waals surface area contributed by atoms with E-state index < -0.39 is 0 Å². The van der Waals surface area contributed by atoms with E-state index in [4.69, 9.17) is 26.3 Å². The molecule has 1 N–H and O–H groups in total. The van der Waals surface area contributed by atoms with Gasteiger partial charge < -0.3 is 19.7 Å². The summed E-state index contributed by atoms with van der Waals surface area (Å²) in [5.74, 6) is 0.661. The lowest BCUT2D eigenvalue weighted by Crippen LogP contribution is -2.39. The Hall–Kier alpha value is -2.75. The number of carbonyl (C=O) groups is 1. The van der Waals surface area contributed by atoms with Gasteiger partial charge in [0.1, 0.15) is 11.8 Å². The summed E-state index contributed by atoms with van der Waals surface area (Å²) < 4.78 is 12.1. The highest BCUT2D eigenvalue weighted by Crippen LogP contribution is 2.28. The van der Waals surface area contributed by atoms with Crippen LogP contribution < -0.4 is 15.0 Å². The van der Waals surface area contributed by atoms with Crippen molar-refractivity contribution in [3.05, 3.63) is 58.6 Å². The van der Waals surface area contributed by atoms with E-state index in [0.717, 1.165) is 64.6 Å². The van der Waals surface area contributed by atoms with Gasteiger partial charge in [-0.1, -0.05) is 31.4 Å². The molecule has 0 bridgehead atoms. The number of carbonyl (C=O) groups excluding carboxylic acids is 1. The summed E-state index contributed by atoms with van der Waals surface area (Å²) in [6, 6.07) is 15.4. The van der Waals surface area contributed by atoms with Gasteiger partial charge in [0.25, 0.3) is 5.91 Å². The highest BCUT2D eigenvalue weighted by Gasteiger charge is 2.25. The fourth-order valence-corrected chi connectivity index (χ4v) is 5.37. The van der Waals surface area contributed by atoms with E-state index in [-0.39, 0.29) is 18.1 Å². The van der Waals surface area contributed by atoms with Crippen molar-refractivity contribution in [1.29, 1.82) is 5.26 Å². The summed E-state index contributed by atoms with van der Waals surface area (Å²) in [7, 11) is 0. The van der Waals surface area contributed by atoms with E-state index in [9.17, 15) is 4.79 Å². The first kappa shape index (κ1) is 27.3. The molecule has 1 saturated carbocycles. The van der Waals surface area contributed by atoms with Crippen molar-refractivity contribution >= 4 is 23.2 Å². The molecule has 1 saturated heterocycles. The normalized spacial score (nSPS) is 20.3. The van der Waals surface area contributed by atoms with Gasteiger partial charge in [0.05, 0.1) is 22.8 Å². The van der Waals surface area contributed by atoms with Crippen molar-refractivity contribution in [3.63, 3.8) is 0 Å². The Kier molecular flexibility index (Phi) is 10.1. The minimum Gasteiger partial charge on any atom is -0.490 e. The first-order chi connectivity index (χ1) is 18.1. The van der Waals surface area contributed by atoms with Crippen LogP contribution in [0.1, 0.15) is 80.6 Å². The molecule has 1 aliphatic carbocycles. The van der Waals surface area contributed by atoms with Crippen LogP contribution in [0.15, 0.2) is 42.5 Å². The molecular weight excluding hydrogens is 486 g/mol. The van der Waals surface area contributed by atoms with Crippen molar-refractivity contribution in [2.75, 3.05) is 24.6 Å². The number of ether oxygens (including phenoxy) is 2. The van der Waals surface area contributed by atoms with Crippen molar-refractivity contribution < 1.29 is 14.3 Å². The topological polar surface area (TPSA) is 74.6 Å². The smallest absolute Gasteiger partial charge is 0.251 e. The van der Waals surface area contributed by atoms with Gasteiger partial charge >= 0.3 is 0 Å². The Morgan fingerprint density at radius 2 is 1.76 bits per heavy atom. The van der Waals surface area contributed by atoms with Gasteiger partial charge in [-0.05, 0) is 81.3 Å². The second-order valence-electron chi connectivity index (χ2n) is 10.1. The maximum absolute atomic E-state index is 12.8. The van der Waals surface area contributed by atoms with E-state index in [2.05, 4.69) is 35.3 Å². The van der Waals surface area contributed by atoms with Crippen LogP contribution >= 0.6 is 11.6 Å². The van der Waals surface area contributed by atoms with Gasteiger partial charge in [-0.2, -0.15) is 5.26 Å². The molecule has 1 amide bonds. The highest BCUT2D eigenvalue weighted by molar-refractivity contribution is 6.31. The van der Waals surface area contributed by atoms with Crippen LogP contribution in [0.5, 0.6) is 5.75 Å². The number of amides is 1. The summed E-state index contributed by atoms with van der Waals surface area (Å²) in [5.41, 5.74) is 2.31. The molecule has 2 aliphatic rings. The molecule has 0 atom stereocenters. The summed E-state index contributed by atoms with van der Waals surface area (Å²) in [5, 5.41) is 12.6. The number of anilines is 1. The average molecular weight is 524 g/mol. The van der Waals surface area contributed by atoms with Gasteiger partial charge in [0.15, 0.2) is 0 Å². The number of piperidine rings is 1. The van der Waals surface area contributed by atoms with Crippen LogP contribution in [0, 0.1) is 11.3 Å². The molecule has 37 heavy (non-hydrogen) atoms. The summed E-state index contributed by atoms with van der Waals surface area (Å²) in [4.78, 5) is 15.2. The van der Waals surface area contributed by atoms with Crippen LogP contribution in [-0.4, -0.2) is 43.9 Å². The zero-order valence-corrected chi connectivity index (χ0v) is 22.5. The van der Waals surface area contributed by atoms with E-state index in [1.807, 2.05) is 12.1 Å². The van der Waals surface area contributed by atoms with Crippen LogP contribution in [0.4, 0.5) is 5.69 Å². The van der Waals surface area contributed by atoms with Crippen LogP contribution in [-0.2, 0) is 4.74 Å². The third-order valence-electron chi connectivity index (χ3n) is 7.41. The number of halogens is 1. The SMILES string of the molecule is CCCCCOC1CCN(c2ccc(C(=O)NC3CCC(Oc4ccc(C#N)c(Cl)c4)CC3)cc2)CC1. The monoisotopic (exact) mass is 523 g/mol. The average Bonchev–Trinajstić information content (AvgIpc) is 2.93. The number of benzene rings is 2. The third-order valence-corrected chi connectivity index (χ3v) is 7.72. The van der Waals surface area contributed by atoms with Gasteiger partial charge in [0.2, 0.25) is 0 Å². The van der Waals surface area contributed by atoms with Crippen molar-refractivity contribution in [2.24, 2.45) is 0 Å². The zero-order valence-electron chi connectivity index (χ0n) is 21.8. The molecule has 198 valence electrons. The third kappa shape index (κ3) is 7.87. The fourth-order valence-electron chi connectivity index (χ4n) is 5.15. The quantitative estimate of drug-likeness (QED) is 0.359. The minimum absolute atomic E-state index is 0.0195. The number of nitrogens with one attached hydrogen (secondary N) is 1. The van der Waals surface area contributed by atoms with Gasteiger partial charge in [-0.25, -0.2) is 0 Å². The second kappa shape index (κ2) is 13.7. The number of nitriles is 1. The summed E-state index contributed by atoms with van der Waals surface area (Å²) in [6.07, 6.45) is 9.65. The number of unbranched alkanes of at least 4 members (excludes halogenated alkanes) is 2. The Morgan fingerprint density at radius 1 is 1.03 bits per heavy atom. The molecule has 1 aliphatic heterocycles. The van der Waals surface area contributed by atoms with Crippen molar-refractivity contribution in [2.45, 2.75) is 83.0 Å². The lowest BCUT2D eigenvalue weighted by molar-refractivity contribution is 0.0349. The summed E-state index contributed by atoms with van der Waals surface area (Å²) in [6.45, 7) is 5.07. The molecule has 0 spiro atoms. The Labute approximate surface area is 225 Å². The number of hydrogen-bond donors (Lipinski definition) is 1. The second-order valence-corrected chi connectivity index (χ2v) is 10.5. The first-order valence-corrected chi connectivity index (χ1v) is 14.1. The number of rotatable bonds is 10. The van der Waals surface area contributed by atoms with Crippen LogP contribution in [0.3, 0.4) is 0 Å². The van der Waals surface area contributed by atoms with Crippen LogP contribution in [0.25, 0.3) is 0 Å². The maximum atomic E-state index is 12.8. The summed E-state index contributed by atoms with van der Waals surface area (Å²) >= 11 is 6.11. The molecule has 0 aromatic heterocycles. The number of nitrogens with zero attached hydrogens (tertiary/aromatic N) is 2. The van der Waals surface area contributed by atoms with Crippen molar-refractivity contribution in [1.82, 2.24) is 5.32 Å². The molecule has 0 unspecified atom stereocenters. The van der Waals surface area contributed by atoms with E-state index in [1.165, 1.54) is 18.5 Å². The van der Waals surface area contributed by atoms with Crippen molar-refractivity contribution in [3.8, 4) is 11.8 Å². The van der Waals surface area contributed by atoms with Gasteiger partial charge in [-0.15, -0.1) is 0 Å². The predicted octanol–water partition coefficient (Wildman–Crippen LogP) is 6.51. The van der Waals surface area contributed by atoms with Crippen LogP contribution in [0.2, 0.25) is 5.02 Å². The predicted molar refractivity (Wildman–Crippen MR) is 147 cm³/mol. The number of hydrogen-bond acceptors (Lipinski definition) is 5. The zero-order chi connectivity index (χ0) is 26.0. The highest BCUT2D eigenvalue weighted by atomic mass is 35.5. The molecule has 2 aromatic rings. The Morgan fingerprint density at radius 3 is 2.41 bits per heavy atom. The molecule has 1 heterocycles. The maximum Gasteiger partial charge on any atom is 0.251 e. The first-order valence-electron chi connectivity index (χ1n) is 13.7. The standard InChI is InChI=1S/C30H38ClN3O3/c1-2-3-4-19-36-26-15-17-34(18-16-26)25-10-5-22(6-11-25)30(35)33-24-8-13-27(14-9-24)37-28-12-7-23(21-32)29(31)20-28/h5-7,10-12,20,24,26-27H,2-4,8-9,13-19H2,1H3,(H,33,35). The van der Waals surface area contributed by atoms with Gasteiger partial charge in [0, 0.05) is 43.1 Å². The lowest BCUT2D eigenvalue weighted by atomic mass is 9.92. The lowest BCUT2D eigenvalue weighted by Gasteiger charge is -2.33. The molecule has 2 aromatic carbocycles. The molecule has 2 fully saturated rings.